The van der Waals surface area contributed by atoms with E-state index in [1.165, 1.54) is 0 Å². The molecule has 0 spiro atoms. The predicted molar refractivity (Wildman–Crippen MR) is 46.2 cm³/mol. The van der Waals surface area contributed by atoms with Gasteiger partial charge in [0, 0.05) is 6.21 Å². The Morgan fingerprint density at radius 3 is 2.10 bits per heavy atom. The Hall–Kier alpha value is -0.790. The molecule has 0 saturated carbocycles. The third-order valence-corrected chi connectivity index (χ3v) is 1.02. The molecule has 0 amide bonds. The largest absolute Gasteiger partial charge is 0.368 e. The van der Waals surface area contributed by atoms with Gasteiger partial charge in [0.05, 0.1) is 0 Å². The van der Waals surface area contributed by atoms with Crippen molar-refractivity contribution in [3.8, 4) is 0 Å². The van der Waals surface area contributed by atoms with Gasteiger partial charge in [0.15, 0.2) is 0 Å². The van der Waals surface area contributed by atoms with Crippen LogP contribution in [0.25, 0.3) is 0 Å². The van der Waals surface area contributed by atoms with Crippen molar-refractivity contribution in [3.63, 3.8) is 0 Å². The van der Waals surface area contributed by atoms with E-state index < -0.39 is 0 Å². The maximum atomic E-state index is 4.14. The predicted octanol–water partition coefficient (Wildman–Crippen LogP) is 1.94. The highest BCUT2D eigenvalue weighted by molar-refractivity contribution is 5.72. The zero-order valence-electron chi connectivity index (χ0n) is 7.18. The molecule has 0 fully saturated rings. The normalized spacial score (nSPS) is 18.8. The number of nitrogens with zero attached hydrogens (tertiary/aromatic N) is 1. The summed E-state index contributed by atoms with van der Waals surface area (Å²) in [5.74, 6) is 0. The number of aliphatic imine (C=N–C) groups is 1. The van der Waals surface area contributed by atoms with Crippen LogP contribution in [-0.4, -0.2) is 11.9 Å². The quantitative estimate of drug-likeness (QED) is 0.546. The molecule has 0 aromatic carbocycles. The standard InChI is InChI=1S/C6H10N2.C2H6/c1-6(2)7-4-3-5-8-6;1-2/h3-5,7H,1-2H3;1-2H3. The van der Waals surface area contributed by atoms with E-state index in [2.05, 4.69) is 10.3 Å². The molecule has 0 saturated heterocycles. The van der Waals surface area contributed by atoms with Crippen LogP contribution in [0.15, 0.2) is 17.3 Å². The van der Waals surface area contributed by atoms with Gasteiger partial charge in [-0.25, -0.2) is 0 Å². The number of allylic oxidation sites excluding steroid dienone is 1. The van der Waals surface area contributed by atoms with Gasteiger partial charge in [-0.1, -0.05) is 13.8 Å². The summed E-state index contributed by atoms with van der Waals surface area (Å²) in [4.78, 5) is 4.14. The minimum absolute atomic E-state index is 0.0885. The smallest absolute Gasteiger partial charge is 0.123 e. The van der Waals surface area contributed by atoms with Crippen molar-refractivity contribution in [2.45, 2.75) is 33.4 Å². The van der Waals surface area contributed by atoms with Crippen molar-refractivity contribution in [1.29, 1.82) is 0 Å². The monoisotopic (exact) mass is 140 g/mol. The van der Waals surface area contributed by atoms with Crippen LogP contribution in [0.2, 0.25) is 0 Å². The molecule has 0 bridgehead atoms. The van der Waals surface area contributed by atoms with Gasteiger partial charge in [-0.2, -0.15) is 0 Å². The van der Waals surface area contributed by atoms with E-state index in [1.807, 2.05) is 40.0 Å². The van der Waals surface area contributed by atoms with Gasteiger partial charge in [0.2, 0.25) is 0 Å². The van der Waals surface area contributed by atoms with E-state index in [4.69, 9.17) is 0 Å². The summed E-state index contributed by atoms with van der Waals surface area (Å²) in [6, 6.07) is 0. The highest BCUT2D eigenvalue weighted by atomic mass is 15.1. The third kappa shape index (κ3) is 3.28. The van der Waals surface area contributed by atoms with Crippen molar-refractivity contribution in [2.24, 2.45) is 4.99 Å². The lowest BCUT2D eigenvalue weighted by Crippen LogP contribution is -2.34. The average molecular weight is 140 g/mol. The minimum Gasteiger partial charge on any atom is -0.368 e. The molecule has 1 aliphatic rings. The summed E-state index contributed by atoms with van der Waals surface area (Å²) < 4.78 is 0. The van der Waals surface area contributed by atoms with Gasteiger partial charge in [0.25, 0.3) is 0 Å². The Morgan fingerprint density at radius 1 is 1.30 bits per heavy atom. The number of hydrogen-bond donors (Lipinski definition) is 1. The zero-order valence-corrected chi connectivity index (χ0v) is 7.18. The first-order valence-corrected chi connectivity index (χ1v) is 3.69. The first-order valence-electron chi connectivity index (χ1n) is 3.69. The molecule has 1 N–H and O–H groups in total. The lowest BCUT2D eigenvalue weighted by molar-refractivity contribution is 0.465. The van der Waals surface area contributed by atoms with Gasteiger partial charge in [-0.3, -0.25) is 4.99 Å². The van der Waals surface area contributed by atoms with Crippen molar-refractivity contribution in [3.05, 3.63) is 12.3 Å². The van der Waals surface area contributed by atoms with E-state index in [0.29, 0.717) is 0 Å². The Morgan fingerprint density at radius 2 is 1.90 bits per heavy atom. The topological polar surface area (TPSA) is 24.4 Å². The van der Waals surface area contributed by atoms with Gasteiger partial charge in [0.1, 0.15) is 5.66 Å². The Balaban J connectivity index is 0.000000371. The lowest BCUT2D eigenvalue weighted by Gasteiger charge is -2.21. The molecule has 2 heteroatoms. The van der Waals surface area contributed by atoms with Crippen molar-refractivity contribution >= 4 is 6.21 Å². The molecule has 1 aliphatic heterocycles. The highest BCUT2D eigenvalue weighted by Gasteiger charge is 2.11. The van der Waals surface area contributed by atoms with Crippen LogP contribution in [-0.2, 0) is 0 Å². The summed E-state index contributed by atoms with van der Waals surface area (Å²) in [7, 11) is 0. The number of rotatable bonds is 0. The van der Waals surface area contributed by atoms with Crippen LogP contribution in [0.1, 0.15) is 27.7 Å². The van der Waals surface area contributed by atoms with E-state index >= 15 is 0 Å². The summed E-state index contributed by atoms with van der Waals surface area (Å²) in [5.41, 5.74) is -0.0885. The SMILES string of the molecule is CC.CC1(C)N=CC=CN1. The summed E-state index contributed by atoms with van der Waals surface area (Å²) in [5, 5.41) is 3.08. The highest BCUT2D eigenvalue weighted by Crippen LogP contribution is 2.04. The molecule has 10 heavy (non-hydrogen) atoms. The maximum absolute atomic E-state index is 4.14. The molecule has 0 atom stereocenters. The van der Waals surface area contributed by atoms with Crippen LogP contribution in [0.4, 0.5) is 0 Å². The lowest BCUT2D eigenvalue weighted by atomic mass is 10.2. The number of nitrogens with one attached hydrogen (secondary N) is 1. The van der Waals surface area contributed by atoms with E-state index in [9.17, 15) is 0 Å². The van der Waals surface area contributed by atoms with E-state index in [-0.39, 0.29) is 5.66 Å². The summed E-state index contributed by atoms with van der Waals surface area (Å²) in [6.07, 6.45) is 5.58. The van der Waals surface area contributed by atoms with Gasteiger partial charge < -0.3 is 5.32 Å². The van der Waals surface area contributed by atoms with Crippen LogP contribution in [0.3, 0.4) is 0 Å². The van der Waals surface area contributed by atoms with Gasteiger partial charge in [-0.05, 0) is 26.1 Å². The Kier molecular flexibility index (Phi) is 3.77. The molecule has 0 aromatic heterocycles. The molecule has 58 valence electrons. The Bertz CT molecular complexity index is 134. The minimum atomic E-state index is -0.0885. The first kappa shape index (κ1) is 9.21. The molecule has 1 rings (SSSR count). The zero-order chi connectivity index (χ0) is 8.04. The van der Waals surface area contributed by atoms with Gasteiger partial charge in [-0.15, -0.1) is 0 Å². The van der Waals surface area contributed by atoms with Crippen molar-refractivity contribution in [1.82, 2.24) is 5.32 Å². The van der Waals surface area contributed by atoms with Crippen LogP contribution in [0, 0.1) is 0 Å². The average Bonchev–Trinajstić information content (AvgIpc) is 1.92. The van der Waals surface area contributed by atoms with Crippen LogP contribution in [0.5, 0.6) is 0 Å². The van der Waals surface area contributed by atoms with E-state index in [0.717, 1.165) is 0 Å². The fourth-order valence-electron chi connectivity index (χ4n) is 0.562. The second kappa shape index (κ2) is 4.09. The number of hydrogen-bond acceptors (Lipinski definition) is 2. The van der Waals surface area contributed by atoms with Crippen molar-refractivity contribution < 1.29 is 0 Å². The van der Waals surface area contributed by atoms with Crippen LogP contribution >= 0.6 is 0 Å². The molecule has 0 radical (unpaired) electrons. The Labute approximate surface area is 63.0 Å². The fourth-order valence-corrected chi connectivity index (χ4v) is 0.562. The maximum Gasteiger partial charge on any atom is 0.123 e. The molecule has 0 aromatic rings. The fraction of sp³-hybridized carbons (Fsp3) is 0.625. The second-order valence-electron chi connectivity index (χ2n) is 2.34. The van der Waals surface area contributed by atoms with Crippen molar-refractivity contribution in [2.75, 3.05) is 0 Å². The molecule has 0 aliphatic carbocycles. The molecule has 0 unspecified atom stereocenters. The summed E-state index contributed by atoms with van der Waals surface area (Å²) in [6.45, 7) is 8.04. The van der Waals surface area contributed by atoms with Crippen LogP contribution < -0.4 is 5.32 Å². The third-order valence-electron chi connectivity index (χ3n) is 1.02. The molecular formula is C8H16N2. The van der Waals surface area contributed by atoms with E-state index in [1.54, 1.807) is 6.21 Å². The first-order chi connectivity index (χ1) is 4.71. The second-order valence-corrected chi connectivity index (χ2v) is 2.34. The molecular weight excluding hydrogens is 124 g/mol. The summed E-state index contributed by atoms with van der Waals surface area (Å²) >= 11 is 0. The van der Waals surface area contributed by atoms with Gasteiger partial charge >= 0.3 is 0 Å². The molecule has 1 heterocycles. The molecule has 2 nitrogen and oxygen atoms in total.